The van der Waals surface area contributed by atoms with E-state index in [2.05, 4.69) is 18.7 Å². The highest BCUT2D eigenvalue weighted by Crippen LogP contribution is 2.76. The van der Waals surface area contributed by atoms with E-state index in [1.807, 2.05) is 6.92 Å². The Hall–Kier alpha value is -0.500. The van der Waals surface area contributed by atoms with Gasteiger partial charge >= 0.3 is 0 Å². The standard InChI is InChI=1S/C28H46N2O4S/c1-17-23-24(17)26(22(31)16-29-11-13-30(14-12-29)35(4,33)34)28(3)10-8-20-19-7-9-27(2,32)15-18(19)5-6-21(20)25(23)28/h17-21,23-26,32H,5-16H2,1-4H3/t17-,18+,19-,20+,21+,23+,24-,25+,26-,27+,28-/m0/s1. The molecule has 1 saturated heterocycles. The summed E-state index contributed by atoms with van der Waals surface area (Å²) in [5.74, 6) is 6.34. The summed E-state index contributed by atoms with van der Waals surface area (Å²) in [6.07, 6.45) is 9.43. The van der Waals surface area contributed by atoms with Gasteiger partial charge in [-0.1, -0.05) is 13.8 Å². The van der Waals surface area contributed by atoms with Crippen molar-refractivity contribution in [2.24, 2.45) is 58.7 Å². The van der Waals surface area contributed by atoms with Gasteiger partial charge in [0.05, 0.1) is 18.4 Å². The SMILES string of the molecule is C[C@H]1[C@@H]2[C@H]1[C@H](C(=O)CN1CCN(S(C)(=O)=O)CC1)[C@@]1(C)CC[C@H]3[C@@H](CC[C@@H]4C[C@](C)(O)CC[C@@H]43)[C@H]21. The van der Waals surface area contributed by atoms with Gasteiger partial charge in [0.25, 0.3) is 0 Å². The molecule has 1 heterocycles. The molecule has 0 aromatic carbocycles. The number of hydrogen-bond acceptors (Lipinski definition) is 5. The number of carbonyl (C=O) groups is 1. The van der Waals surface area contributed by atoms with Crippen molar-refractivity contribution in [3.05, 3.63) is 0 Å². The molecule has 0 aromatic rings. The highest BCUT2D eigenvalue weighted by molar-refractivity contribution is 7.88. The van der Waals surface area contributed by atoms with Crippen LogP contribution in [0.15, 0.2) is 0 Å². The van der Waals surface area contributed by atoms with Crippen molar-refractivity contribution in [2.45, 2.75) is 71.3 Å². The van der Waals surface area contributed by atoms with E-state index < -0.39 is 15.6 Å². The molecule has 5 saturated carbocycles. The third-order valence-electron chi connectivity index (χ3n) is 12.1. The van der Waals surface area contributed by atoms with E-state index in [1.54, 1.807) is 4.31 Å². The van der Waals surface area contributed by atoms with Gasteiger partial charge in [-0.2, -0.15) is 4.31 Å². The Morgan fingerprint density at radius 2 is 1.63 bits per heavy atom. The minimum atomic E-state index is -3.15. The smallest absolute Gasteiger partial charge is 0.211 e. The van der Waals surface area contributed by atoms with Crippen LogP contribution in [-0.2, 0) is 14.8 Å². The molecule has 1 aliphatic heterocycles. The van der Waals surface area contributed by atoms with Crippen molar-refractivity contribution < 1.29 is 18.3 Å². The number of Topliss-reactive ketones (excluding diaryl/α,β-unsaturated/α-hetero) is 1. The monoisotopic (exact) mass is 506 g/mol. The van der Waals surface area contributed by atoms with E-state index in [-0.39, 0.29) is 11.3 Å². The van der Waals surface area contributed by atoms with Crippen LogP contribution >= 0.6 is 0 Å². The molecule has 1 N–H and O–H groups in total. The van der Waals surface area contributed by atoms with Gasteiger partial charge in [0.15, 0.2) is 5.78 Å². The number of piperazine rings is 1. The summed E-state index contributed by atoms with van der Waals surface area (Å²) in [4.78, 5) is 16.1. The molecule has 0 unspecified atom stereocenters. The van der Waals surface area contributed by atoms with E-state index in [0.29, 0.717) is 62.2 Å². The summed E-state index contributed by atoms with van der Waals surface area (Å²) in [7, 11) is -3.15. The number of hydrogen-bond donors (Lipinski definition) is 1. The van der Waals surface area contributed by atoms with Crippen LogP contribution in [0.3, 0.4) is 0 Å². The molecule has 0 bridgehead atoms. The zero-order valence-corrected chi connectivity index (χ0v) is 23.0. The Balaban J connectivity index is 1.17. The van der Waals surface area contributed by atoms with E-state index in [1.165, 1.54) is 38.4 Å². The fourth-order valence-electron chi connectivity index (χ4n) is 10.6. The minimum Gasteiger partial charge on any atom is -0.390 e. The number of nitrogens with zero attached hydrogens (tertiary/aromatic N) is 2. The maximum atomic E-state index is 13.9. The summed E-state index contributed by atoms with van der Waals surface area (Å²) in [5, 5.41) is 10.7. The van der Waals surface area contributed by atoms with Crippen molar-refractivity contribution >= 4 is 15.8 Å². The normalized spacial score (nSPS) is 52.2. The molecule has 198 valence electrons. The van der Waals surface area contributed by atoms with Gasteiger partial charge in [-0.05, 0) is 105 Å². The third-order valence-corrected chi connectivity index (χ3v) is 13.4. The summed E-state index contributed by atoms with van der Waals surface area (Å²) in [6.45, 7) is 9.71. The van der Waals surface area contributed by atoms with E-state index >= 15 is 0 Å². The van der Waals surface area contributed by atoms with Gasteiger partial charge in [0.2, 0.25) is 10.0 Å². The maximum absolute atomic E-state index is 13.9. The second kappa shape index (κ2) is 8.25. The lowest BCUT2D eigenvalue weighted by atomic mass is 9.47. The van der Waals surface area contributed by atoms with Crippen molar-refractivity contribution in [1.82, 2.24) is 9.21 Å². The second-order valence-electron chi connectivity index (χ2n) is 14.0. The Morgan fingerprint density at radius 3 is 2.31 bits per heavy atom. The molecule has 11 atom stereocenters. The lowest BCUT2D eigenvalue weighted by molar-refractivity contribution is -0.138. The maximum Gasteiger partial charge on any atom is 0.211 e. The van der Waals surface area contributed by atoms with Gasteiger partial charge < -0.3 is 5.11 Å². The molecular weight excluding hydrogens is 460 g/mol. The molecule has 0 radical (unpaired) electrons. The first-order valence-corrected chi connectivity index (χ1v) is 16.2. The predicted molar refractivity (Wildman–Crippen MR) is 136 cm³/mol. The van der Waals surface area contributed by atoms with E-state index in [9.17, 15) is 18.3 Å². The molecule has 6 rings (SSSR count). The Kier molecular flexibility index (Phi) is 5.85. The predicted octanol–water partition coefficient (Wildman–Crippen LogP) is 3.25. The lowest BCUT2D eigenvalue weighted by Gasteiger charge is -2.58. The summed E-state index contributed by atoms with van der Waals surface area (Å²) in [5.41, 5.74) is -0.327. The third kappa shape index (κ3) is 3.97. The molecule has 7 heteroatoms. The van der Waals surface area contributed by atoms with Gasteiger partial charge in [-0.3, -0.25) is 9.69 Å². The average molecular weight is 507 g/mol. The first kappa shape index (κ1) is 24.8. The number of sulfonamides is 1. The quantitative estimate of drug-likeness (QED) is 0.633. The van der Waals surface area contributed by atoms with Gasteiger partial charge in [0, 0.05) is 32.1 Å². The molecule has 0 aromatic heterocycles. The topological polar surface area (TPSA) is 77.9 Å². The van der Waals surface area contributed by atoms with E-state index in [0.717, 1.165) is 36.5 Å². The van der Waals surface area contributed by atoms with Crippen LogP contribution in [0.2, 0.25) is 0 Å². The fourth-order valence-corrected chi connectivity index (χ4v) is 11.4. The molecule has 6 fully saturated rings. The van der Waals surface area contributed by atoms with Crippen LogP contribution in [0.1, 0.15) is 65.7 Å². The highest BCUT2D eigenvalue weighted by Gasteiger charge is 2.73. The molecule has 6 aliphatic rings. The number of aliphatic hydroxyl groups is 1. The summed E-state index contributed by atoms with van der Waals surface area (Å²) in [6, 6.07) is 0. The van der Waals surface area contributed by atoms with E-state index in [4.69, 9.17) is 0 Å². The van der Waals surface area contributed by atoms with Crippen LogP contribution < -0.4 is 0 Å². The first-order chi connectivity index (χ1) is 16.4. The zero-order chi connectivity index (χ0) is 24.9. The molecule has 0 spiro atoms. The number of carbonyl (C=O) groups excluding carboxylic acids is 1. The fraction of sp³-hybridized carbons (Fsp3) is 0.964. The van der Waals surface area contributed by atoms with Crippen LogP contribution in [0.25, 0.3) is 0 Å². The minimum absolute atomic E-state index is 0.141. The van der Waals surface area contributed by atoms with Crippen molar-refractivity contribution in [3.63, 3.8) is 0 Å². The largest absolute Gasteiger partial charge is 0.390 e. The van der Waals surface area contributed by atoms with Crippen LogP contribution in [0, 0.1) is 58.7 Å². The Morgan fingerprint density at radius 1 is 0.943 bits per heavy atom. The van der Waals surface area contributed by atoms with Crippen molar-refractivity contribution in [2.75, 3.05) is 39.0 Å². The van der Waals surface area contributed by atoms with Crippen molar-refractivity contribution in [3.8, 4) is 0 Å². The number of ketones is 1. The highest BCUT2D eigenvalue weighted by atomic mass is 32.2. The first-order valence-electron chi connectivity index (χ1n) is 14.3. The molecule has 35 heavy (non-hydrogen) atoms. The van der Waals surface area contributed by atoms with Gasteiger partial charge in [-0.15, -0.1) is 0 Å². The van der Waals surface area contributed by atoms with Crippen molar-refractivity contribution in [1.29, 1.82) is 0 Å². The van der Waals surface area contributed by atoms with Gasteiger partial charge in [-0.25, -0.2) is 8.42 Å². The van der Waals surface area contributed by atoms with Crippen LogP contribution in [0.5, 0.6) is 0 Å². The summed E-state index contributed by atoms with van der Waals surface area (Å²) < 4.78 is 25.3. The van der Waals surface area contributed by atoms with Crippen LogP contribution in [0.4, 0.5) is 0 Å². The Bertz CT molecular complexity index is 973. The summed E-state index contributed by atoms with van der Waals surface area (Å²) >= 11 is 0. The second-order valence-corrected chi connectivity index (χ2v) is 16.0. The molecular formula is C28H46N2O4S. The zero-order valence-electron chi connectivity index (χ0n) is 22.2. The molecule has 6 nitrogen and oxygen atoms in total. The average Bonchev–Trinajstić information content (AvgIpc) is 3.29. The van der Waals surface area contributed by atoms with Gasteiger partial charge in [0.1, 0.15) is 0 Å². The number of fused-ring (bicyclic) bond motifs is 7. The molecule has 0 amide bonds. The Labute approximate surface area is 212 Å². The van der Waals surface area contributed by atoms with Crippen LogP contribution in [-0.4, -0.2) is 73.1 Å². The lowest BCUT2D eigenvalue weighted by Crippen LogP contribution is -2.54. The number of rotatable bonds is 4. The molecule has 5 aliphatic carbocycles.